The Balaban J connectivity index is 0.00000841. The first-order chi connectivity index (χ1) is 14.1. The summed E-state index contributed by atoms with van der Waals surface area (Å²) < 4.78 is 6.91. The lowest BCUT2D eigenvalue weighted by Gasteiger charge is -2.41. The van der Waals surface area contributed by atoms with Crippen LogP contribution in [0.2, 0.25) is 0 Å². The smallest absolute Gasteiger partial charge is 0.338 e. The number of hydrogen-bond acceptors (Lipinski definition) is 2. The summed E-state index contributed by atoms with van der Waals surface area (Å²) in [5, 5.41) is 0. The fraction of sp³-hybridized carbons (Fsp3) is 0.720. The summed E-state index contributed by atoms with van der Waals surface area (Å²) in [6, 6.07) is 9.26. The van der Waals surface area contributed by atoms with E-state index in [0.29, 0.717) is 11.4 Å². The molecule has 0 saturated carbocycles. The lowest BCUT2D eigenvalue weighted by atomic mass is 10.1. The number of unbranched alkanes of at least 4 members (excludes halogenated alkanes) is 6. The first-order valence-electron chi connectivity index (χ1n) is 11.8. The summed E-state index contributed by atoms with van der Waals surface area (Å²) >= 11 is 6.30. The molecule has 0 spiro atoms. The number of quaternary nitrogens is 1. The fourth-order valence-electron chi connectivity index (χ4n) is 4.04. The third-order valence-electron chi connectivity index (χ3n) is 5.75. The maximum absolute atomic E-state index is 12.6. The molecule has 1 atom stereocenters. The van der Waals surface area contributed by atoms with E-state index in [9.17, 15) is 4.79 Å². The van der Waals surface area contributed by atoms with Crippen molar-refractivity contribution in [1.29, 1.82) is 0 Å². The van der Waals surface area contributed by atoms with Crippen LogP contribution >= 0.6 is 11.6 Å². The van der Waals surface area contributed by atoms with E-state index >= 15 is 0 Å². The van der Waals surface area contributed by atoms with E-state index in [1.807, 2.05) is 18.2 Å². The summed E-state index contributed by atoms with van der Waals surface area (Å²) in [6.45, 7) is 11.1. The Bertz CT molecular complexity index is 513. The Morgan fingerprint density at radius 2 is 1.33 bits per heavy atom. The number of ether oxygens (including phenoxy) is 1. The second-order valence-corrected chi connectivity index (χ2v) is 8.67. The van der Waals surface area contributed by atoms with Gasteiger partial charge in [0.05, 0.1) is 31.1 Å². The zero-order valence-corrected chi connectivity index (χ0v) is 20.9. The highest BCUT2D eigenvalue weighted by molar-refractivity contribution is 6.18. The molecule has 0 bridgehead atoms. The molecule has 0 saturated heterocycles. The topological polar surface area (TPSA) is 26.3 Å². The van der Waals surface area contributed by atoms with Crippen LogP contribution in [0.15, 0.2) is 30.3 Å². The van der Waals surface area contributed by atoms with Gasteiger partial charge in [0.2, 0.25) is 0 Å². The van der Waals surface area contributed by atoms with E-state index in [1.54, 1.807) is 12.1 Å². The number of rotatable bonds is 17. The number of carbonyl (C=O) groups is 1. The standard InChI is InChI=1S/C25H43ClNO2.ClH/c1-4-7-13-18-27(19-14-8-5-2,20-15-9-6-3)22-24(21-26)29-25(28)23-16-11-10-12-17-23;/h10-12,16-17,24H,4-9,13-15,18-22H2,1-3H3;1H/q+1;/p-1. The van der Waals surface area contributed by atoms with E-state index in [-0.39, 0.29) is 24.5 Å². The predicted molar refractivity (Wildman–Crippen MR) is 125 cm³/mol. The number of hydrogen-bond donors (Lipinski definition) is 0. The third kappa shape index (κ3) is 11.6. The summed E-state index contributed by atoms with van der Waals surface area (Å²) in [7, 11) is 0. The minimum absolute atomic E-state index is 0. The van der Waals surface area contributed by atoms with Crippen molar-refractivity contribution in [2.24, 2.45) is 0 Å². The van der Waals surface area contributed by atoms with Crippen LogP contribution in [0, 0.1) is 0 Å². The number of carbonyl (C=O) groups excluding carboxylic acids is 1. The second-order valence-electron chi connectivity index (χ2n) is 8.36. The van der Waals surface area contributed by atoms with Crippen LogP contribution < -0.4 is 12.4 Å². The lowest BCUT2D eigenvalue weighted by molar-refractivity contribution is -0.931. The number of benzene rings is 1. The molecular formula is C25H43Cl2NO2. The van der Waals surface area contributed by atoms with Gasteiger partial charge in [0.25, 0.3) is 0 Å². The molecule has 3 nitrogen and oxygen atoms in total. The summed E-state index contributed by atoms with van der Waals surface area (Å²) in [5.74, 6) is 0.0958. The van der Waals surface area contributed by atoms with Gasteiger partial charge in [-0.1, -0.05) is 58.2 Å². The maximum atomic E-state index is 12.6. The number of halogens is 2. The highest BCUT2D eigenvalue weighted by Crippen LogP contribution is 2.20. The summed E-state index contributed by atoms with van der Waals surface area (Å²) in [4.78, 5) is 12.6. The molecule has 0 aliphatic heterocycles. The van der Waals surface area contributed by atoms with Crippen molar-refractivity contribution in [2.75, 3.05) is 32.1 Å². The number of alkyl halides is 1. The second kappa shape index (κ2) is 17.9. The minimum Gasteiger partial charge on any atom is -1.00 e. The molecule has 0 aliphatic rings. The average molecular weight is 461 g/mol. The first kappa shape index (κ1) is 29.2. The van der Waals surface area contributed by atoms with Crippen LogP contribution in [-0.2, 0) is 4.74 Å². The van der Waals surface area contributed by atoms with Crippen LogP contribution in [0.1, 0.15) is 88.9 Å². The van der Waals surface area contributed by atoms with Gasteiger partial charge in [-0.05, 0) is 50.7 Å². The van der Waals surface area contributed by atoms with Crippen LogP contribution in [0.4, 0.5) is 0 Å². The zero-order chi connectivity index (χ0) is 21.4. The molecule has 0 radical (unpaired) electrons. The Kier molecular flexibility index (Phi) is 17.4. The van der Waals surface area contributed by atoms with Gasteiger partial charge in [-0.3, -0.25) is 0 Å². The normalized spacial score (nSPS) is 12.3. The molecule has 1 aromatic rings. The van der Waals surface area contributed by atoms with Gasteiger partial charge < -0.3 is 21.6 Å². The molecule has 174 valence electrons. The molecular weight excluding hydrogens is 417 g/mol. The Morgan fingerprint density at radius 3 is 1.73 bits per heavy atom. The zero-order valence-electron chi connectivity index (χ0n) is 19.4. The Hall–Kier alpha value is -0.770. The fourth-order valence-corrected chi connectivity index (χ4v) is 4.20. The molecule has 0 amide bonds. The van der Waals surface area contributed by atoms with E-state index in [0.717, 1.165) is 30.7 Å². The van der Waals surface area contributed by atoms with Gasteiger partial charge in [0.1, 0.15) is 6.54 Å². The largest absolute Gasteiger partial charge is 1.00 e. The highest BCUT2D eigenvalue weighted by atomic mass is 35.5. The van der Waals surface area contributed by atoms with Crippen molar-refractivity contribution >= 4 is 17.6 Å². The molecule has 5 heteroatoms. The Labute approximate surface area is 196 Å². The van der Waals surface area contributed by atoms with E-state index in [2.05, 4.69) is 20.8 Å². The maximum Gasteiger partial charge on any atom is 0.338 e. The average Bonchev–Trinajstić information content (AvgIpc) is 2.74. The highest BCUT2D eigenvalue weighted by Gasteiger charge is 2.31. The molecule has 1 unspecified atom stereocenters. The molecule has 0 N–H and O–H groups in total. The van der Waals surface area contributed by atoms with Gasteiger partial charge in [0.15, 0.2) is 6.10 Å². The molecule has 0 aliphatic carbocycles. The monoisotopic (exact) mass is 459 g/mol. The SMILES string of the molecule is CCCCC[N+](CCCCC)(CCCCC)CC(CCl)OC(=O)c1ccccc1.[Cl-]. The molecule has 1 aromatic carbocycles. The van der Waals surface area contributed by atoms with Crippen LogP contribution in [0.25, 0.3) is 0 Å². The number of nitrogens with zero attached hydrogens (tertiary/aromatic N) is 1. The van der Waals surface area contributed by atoms with Gasteiger partial charge >= 0.3 is 5.97 Å². The van der Waals surface area contributed by atoms with Crippen LogP contribution in [-0.4, -0.2) is 48.6 Å². The van der Waals surface area contributed by atoms with Crippen molar-refractivity contribution in [2.45, 2.75) is 84.7 Å². The van der Waals surface area contributed by atoms with E-state index < -0.39 is 0 Å². The van der Waals surface area contributed by atoms with Crippen molar-refractivity contribution in [1.82, 2.24) is 0 Å². The third-order valence-corrected chi connectivity index (χ3v) is 6.10. The van der Waals surface area contributed by atoms with Crippen LogP contribution in [0.3, 0.4) is 0 Å². The molecule has 0 aromatic heterocycles. The van der Waals surface area contributed by atoms with Crippen molar-refractivity contribution in [3.63, 3.8) is 0 Å². The quantitative estimate of drug-likeness (QED) is 0.153. The van der Waals surface area contributed by atoms with Gasteiger partial charge in [0, 0.05) is 0 Å². The Morgan fingerprint density at radius 1 is 0.867 bits per heavy atom. The molecule has 0 fully saturated rings. The molecule has 1 rings (SSSR count). The van der Waals surface area contributed by atoms with E-state index in [1.165, 1.54) is 57.8 Å². The summed E-state index contributed by atoms with van der Waals surface area (Å²) in [6.07, 6.45) is 10.9. The van der Waals surface area contributed by atoms with Gasteiger partial charge in [-0.2, -0.15) is 0 Å². The first-order valence-corrected chi connectivity index (χ1v) is 12.3. The van der Waals surface area contributed by atoms with Crippen molar-refractivity contribution in [3.05, 3.63) is 35.9 Å². The van der Waals surface area contributed by atoms with E-state index in [4.69, 9.17) is 16.3 Å². The van der Waals surface area contributed by atoms with Gasteiger partial charge in [-0.25, -0.2) is 4.79 Å². The van der Waals surface area contributed by atoms with Crippen molar-refractivity contribution in [3.8, 4) is 0 Å². The lowest BCUT2D eigenvalue weighted by Crippen LogP contribution is -3.00. The minimum atomic E-state index is -0.259. The molecule has 0 heterocycles. The van der Waals surface area contributed by atoms with Crippen molar-refractivity contribution < 1.29 is 26.4 Å². The summed E-state index contributed by atoms with van der Waals surface area (Å²) in [5.41, 5.74) is 0.601. The van der Waals surface area contributed by atoms with Gasteiger partial charge in [-0.15, -0.1) is 11.6 Å². The van der Waals surface area contributed by atoms with Crippen LogP contribution in [0.5, 0.6) is 0 Å². The predicted octanol–water partition coefficient (Wildman–Crippen LogP) is 3.84. The molecule has 30 heavy (non-hydrogen) atoms. The number of esters is 1.